The van der Waals surface area contributed by atoms with Crippen molar-refractivity contribution in [2.24, 2.45) is 0 Å². The molecule has 24 heavy (non-hydrogen) atoms. The number of rotatable bonds is 0. The normalized spacial score (nSPS) is 12.2. The zero-order valence-corrected chi connectivity index (χ0v) is 16.0. The molecule has 6 rings (SSSR count). The molecule has 0 aliphatic rings. The van der Waals surface area contributed by atoms with Gasteiger partial charge in [0.25, 0.3) is 0 Å². The van der Waals surface area contributed by atoms with E-state index in [1.54, 1.807) is 0 Å². The van der Waals surface area contributed by atoms with Crippen LogP contribution in [0.25, 0.3) is 49.5 Å². The summed E-state index contributed by atoms with van der Waals surface area (Å²) in [6, 6.07) is 22.5. The molecule has 3 aromatic carbocycles. The van der Waals surface area contributed by atoms with Crippen LogP contribution in [0.4, 0.5) is 0 Å². The first-order valence-electron chi connectivity index (χ1n) is 7.90. The van der Waals surface area contributed by atoms with Crippen molar-refractivity contribution in [3.05, 3.63) is 66.9 Å². The van der Waals surface area contributed by atoms with Gasteiger partial charge in [0.2, 0.25) is 0 Å². The third-order valence-electron chi connectivity index (χ3n) is 4.69. The summed E-state index contributed by atoms with van der Waals surface area (Å²) >= 11 is 0.742. The summed E-state index contributed by atoms with van der Waals surface area (Å²) in [6.07, 6.45) is 2.00. The molecule has 1 nitrogen and oxygen atoms in total. The van der Waals surface area contributed by atoms with E-state index < -0.39 is 0 Å². The van der Waals surface area contributed by atoms with E-state index in [9.17, 15) is 0 Å². The van der Waals surface area contributed by atoms with Crippen LogP contribution in [-0.2, 0) is 0 Å². The maximum atomic E-state index is 4.84. The number of nitrogens with zero attached hydrogens (tertiary/aromatic N) is 1. The van der Waals surface area contributed by atoms with Gasteiger partial charge in [-0.3, -0.25) is 0 Å². The average Bonchev–Trinajstić information content (AvgIpc) is 2.94. The predicted octanol–water partition coefficient (Wildman–Crippen LogP) is 4.96. The van der Waals surface area contributed by atoms with Gasteiger partial charge in [-0.1, -0.05) is 0 Å². The standard InChI is InChI=1S/C21H11NSe2/c1-2-5-13-11-18-14(10-12(13)4-1)21-20-17(8-9-22-21)23-15-6-3-7-16(24-18)19(15)20/h1-11H. The van der Waals surface area contributed by atoms with E-state index in [4.69, 9.17) is 4.98 Å². The second-order valence-electron chi connectivity index (χ2n) is 6.06. The number of aromatic nitrogens is 1. The van der Waals surface area contributed by atoms with Crippen LogP contribution in [0.15, 0.2) is 66.9 Å². The van der Waals surface area contributed by atoms with Crippen molar-refractivity contribution in [2.75, 3.05) is 0 Å². The number of pyridine rings is 1. The van der Waals surface area contributed by atoms with E-state index in [0.717, 1.165) is 0 Å². The van der Waals surface area contributed by atoms with E-state index in [0.29, 0.717) is 29.0 Å². The van der Waals surface area contributed by atoms with Gasteiger partial charge in [0.05, 0.1) is 0 Å². The number of hydrogen-bond acceptors (Lipinski definition) is 1. The quantitative estimate of drug-likeness (QED) is 0.308. The molecule has 6 aromatic rings. The Kier molecular flexibility index (Phi) is 2.69. The Labute approximate surface area is 150 Å². The van der Waals surface area contributed by atoms with Crippen LogP contribution in [0.5, 0.6) is 0 Å². The van der Waals surface area contributed by atoms with Crippen molar-refractivity contribution in [3.8, 4) is 0 Å². The second kappa shape index (κ2) is 4.81. The summed E-state index contributed by atoms with van der Waals surface area (Å²) in [7, 11) is 0. The van der Waals surface area contributed by atoms with Gasteiger partial charge >= 0.3 is 150 Å². The van der Waals surface area contributed by atoms with Crippen molar-refractivity contribution >= 4 is 78.5 Å². The first-order chi connectivity index (χ1) is 11.9. The third-order valence-corrected chi connectivity index (χ3v) is 9.39. The van der Waals surface area contributed by atoms with Gasteiger partial charge in [0, 0.05) is 0 Å². The molecule has 0 aliphatic carbocycles. The van der Waals surface area contributed by atoms with Crippen molar-refractivity contribution in [3.63, 3.8) is 0 Å². The van der Waals surface area contributed by atoms with Crippen LogP contribution in [0.1, 0.15) is 0 Å². The van der Waals surface area contributed by atoms with Crippen LogP contribution < -0.4 is 0 Å². The van der Waals surface area contributed by atoms with Gasteiger partial charge in [-0.25, -0.2) is 0 Å². The first kappa shape index (κ1) is 13.4. The molecule has 0 aliphatic heterocycles. The zero-order valence-electron chi connectivity index (χ0n) is 12.6. The zero-order chi connectivity index (χ0) is 15.7. The molecule has 3 heteroatoms. The summed E-state index contributed by atoms with van der Waals surface area (Å²) in [5.41, 5.74) is 1.20. The predicted molar refractivity (Wildman–Crippen MR) is 106 cm³/mol. The molecule has 0 atom stereocenters. The van der Waals surface area contributed by atoms with E-state index in [2.05, 4.69) is 60.7 Å². The molecule has 0 radical (unpaired) electrons. The van der Waals surface area contributed by atoms with E-state index >= 15 is 0 Å². The van der Waals surface area contributed by atoms with Crippen LogP contribution in [0, 0.1) is 0 Å². The van der Waals surface area contributed by atoms with Gasteiger partial charge in [-0.15, -0.1) is 0 Å². The van der Waals surface area contributed by atoms with Crippen molar-refractivity contribution in [2.45, 2.75) is 0 Å². The minimum absolute atomic E-state index is 0.323. The second-order valence-corrected chi connectivity index (χ2v) is 10.6. The molecule has 0 amide bonds. The third kappa shape index (κ3) is 1.73. The monoisotopic (exact) mass is 437 g/mol. The molecular weight excluding hydrogens is 424 g/mol. The molecule has 0 N–H and O–H groups in total. The molecule has 112 valence electrons. The molecule has 0 unspecified atom stereocenters. The Morgan fingerprint density at radius 3 is 2.17 bits per heavy atom. The molecule has 0 bridgehead atoms. The fourth-order valence-corrected chi connectivity index (χ4v) is 8.73. The van der Waals surface area contributed by atoms with Crippen LogP contribution in [0.2, 0.25) is 0 Å². The Morgan fingerprint density at radius 2 is 1.33 bits per heavy atom. The van der Waals surface area contributed by atoms with Gasteiger partial charge in [-0.2, -0.15) is 0 Å². The van der Waals surface area contributed by atoms with E-state index in [1.165, 1.54) is 49.5 Å². The number of hydrogen-bond donors (Lipinski definition) is 0. The summed E-state index contributed by atoms with van der Waals surface area (Å²) in [4.78, 5) is 4.84. The number of fused-ring (bicyclic) bond motifs is 3. The number of benzene rings is 3. The van der Waals surface area contributed by atoms with Crippen LogP contribution in [-0.4, -0.2) is 34.0 Å². The van der Waals surface area contributed by atoms with Gasteiger partial charge in [-0.05, 0) is 0 Å². The summed E-state index contributed by atoms with van der Waals surface area (Å²) < 4.78 is 6.00. The van der Waals surface area contributed by atoms with Crippen molar-refractivity contribution < 1.29 is 0 Å². The Bertz CT molecular complexity index is 1410. The van der Waals surface area contributed by atoms with Crippen molar-refractivity contribution in [1.82, 2.24) is 4.98 Å². The Morgan fingerprint density at radius 1 is 0.625 bits per heavy atom. The average molecular weight is 435 g/mol. The molecule has 0 spiro atoms. The molecule has 3 heterocycles. The van der Waals surface area contributed by atoms with Crippen LogP contribution >= 0.6 is 0 Å². The molecule has 0 fully saturated rings. The van der Waals surface area contributed by atoms with Gasteiger partial charge in [0.15, 0.2) is 0 Å². The SMILES string of the molecule is c1ccc2cc3c(cc2c1)[se]c1cccc2[se]c4ccnc3c4c12. The molecule has 0 saturated carbocycles. The fraction of sp³-hybridized carbons (Fsp3) is 0. The van der Waals surface area contributed by atoms with E-state index in [1.807, 2.05) is 6.20 Å². The van der Waals surface area contributed by atoms with Gasteiger partial charge < -0.3 is 0 Å². The first-order valence-corrected chi connectivity index (χ1v) is 11.3. The summed E-state index contributed by atoms with van der Waals surface area (Å²) in [5.74, 6) is 0. The topological polar surface area (TPSA) is 12.9 Å². The molecule has 3 aromatic heterocycles. The van der Waals surface area contributed by atoms with E-state index in [-0.39, 0.29) is 0 Å². The Hall–Kier alpha value is -1.89. The summed E-state index contributed by atoms with van der Waals surface area (Å²) in [5, 5.41) is 6.89. The summed E-state index contributed by atoms with van der Waals surface area (Å²) in [6.45, 7) is 0. The molecular formula is C21H11NSe2. The van der Waals surface area contributed by atoms with Gasteiger partial charge in [0.1, 0.15) is 0 Å². The Balaban J connectivity index is 2.04. The maximum absolute atomic E-state index is 4.84. The fourth-order valence-electron chi connectivity index (χ4n) is 3.63. The molecule has 0 saturated heterocycles. The van der Waals surface area contributed by atoms with Crippen LogP contribution in [0.3, 0.4) is 0 Å². The minimum atomic E-state index is 0.323. The van der Waals surface area contributed by atoms with Crippen molar-refractivity contribution in [1.29, 1.82) is 0 Å².